The number of amides is 1. The second-order valence-corrected chi connectivity index (χ2v) is 7.59. The van der Waals surface area contributed by atoms with E-state index in [2.05, 4.69) is 28.0 Å². The summed E-state index contributed by atoms with van der Waals surface area (Å²) in [7, 11) is 0. The average molecular weight is 325 g/mol. The molecule has 2 aliphatic rings. The Kier molecular flexibility index (Phi) is 4.99. The van der Waals surface area contributed by atoms with E-state index < -0.39 is 0 Å². The van der Waals surface area contributed by atoms with E-state index in [1.165, 1.54) is 4.88 Å². The van der Waals surface area contributed by atoms with E-state index in [1.54, 1.807) is 11.3 Å². The highest BCUT2D eigenvalue weighted by molar-refractivity contribution is 7.16. The van der Waals surface area contributed by atoms with Crippen molar-refractivity contribution in [2.75, 3.05) is 26.2 Å². The van der Waals surface area contributed by atoms with E-state index in [1.807, 2.05) is 6.07 Å². The Morgan fingerprint density at radius 1 is 1.24 bits per heavy atom. The molecular formula is C16H21ClN2OS. The number of thiophene rings is 1. The van der Waals surface area contributed by atoms with Crippen molar-refractivity contribution in [2.24, 2.45) is 5.92 Å². The summed E-state index contributed by atoms with van der Waals surface area (Å²) in [6, 6.07) is 4.05. The highest BCUT2D eigenvalue weighted by Crippen LogP contribution is 2.24. The van der Waals surface area contributed by atoms with Gasteiger partial charge < -0.3 is 4.90 Å². The largest absolute Gasteiger partial charge is 0.340 e. The number of halogens is 1. The second kappa shape index (κ2) is 6.95. The summed E-state index contributed by atoms with van der Waals surface area (Å²) < 4.78 is 0.851. The fraction of sp³-hybridized carbons (Fsp3) is 0.562. The first-order valence-electron chi connectivity index (χ1n) is 7.63. The molecule has 1 aromatic heterocycles. The molecule has 2 heterocycles. The van der Waals surface area contributed by atoms with Crippen molar-refractivity contribution in [1.82, 2.24) is 9.80 Å². The van der Waals surface area contributed by atoms with E-state index in [9.17, 15) is 4.79 Å². The van der Waals surface area contributed by atoms with Crippen LogP contribution in [0.3, 0.4) is 0 Å². The van der Waals surface area contributed by atoms with Crippen LogP contribution in [0, 0.1) is 5.92 Å². The molecule has 0 radical (unpaired) electrons. The van der Waals surface area contributed by atoms with Crippen molar-refractivity contribution in [2.45, 2.75) is 25.8 Å². The molecule has 1 unspecified atom stereocenters. The van der Waals surface area contributed by atoms with Gasteiger partial charge in [-0.05, 0) is 31.4 Å². The summed E-state index contributed by atoms with van der Waals surface area (Å²) in [4.78, 5) is 18.2. The SMILES string of the molecule is O=C(C1CC=CCC1)N1CCN(Cc2ccc(Cl)s2)CC1. The summed E-state index contributed by atoms with van der Waals surface area (Å²) in [6.07, 6.45) is 7.34. The standard InChI is InChI=1S/C16H21ClN2OS/c17-15-7-6-14(21-15)12-18-8-10-19(11-9-18)16(20)13-4-2-1-3-5-13/h1-2,6-7,13H,3-5,8-12H2. The van der Waals surface area contributed by atoms with Gasteiger partial charge in [-0.15, -0.1) is 11.3 Å². The maximum atomic E-state index is 12.5. The number of allylic oxidation sites excluding steroid dienone is 2. The molecular weight excluding hydrogens is 304 g/mol. The minimum Gasteiger partial charge on any atom is -0.340 e. The van der Waals surface area contributed by atoms with Crippen molar-refractivity contribution in [3.8, 4) is 0 Å². The zero-order valence-electron chi connectivity index (χ0n) is 12.1. The lowest BCUT2D eigenvalue weighted by atomic mass is 9.93. The van der Waals surface area contributed by atoms with Crippen LogP contribution in [0.1, 0.15) is 24.1 Å². The van der Waals surface area contributed by atoms with Gasteiger partial charge in [0.05, 0.1) is 4.34 Å². The number of piperazine rings is 1. The van der Waals surface area contributed by atoms with Crippen LogP contribution in [-0.2, 0) is 11.3 Å². The molecule has 114 valence electrons. The van der Waals surface area contributed by atoms with Gasteiger partial charge in [-0.25, -0.2) is 0 Å². The van der Waals surface area contributed by atoms with Crippen LogP contribution in [0.15, 0.2) is 24.3 Å². The Labute approximate surface area is 135 Å². The van der Waals surface area contributed by atoms with Gasteiger partial charge in [0.25, 0.3) is 0 Å². The predicted molar refractivity (Wildman–Crippen MR) is 87.7 cm³/mol. The Morgan fingerprint density at radius 3 is 2.67 bits per heavy atom. The lowest BCUT2D eigenvalue weighted by molar-refractivity contribution is -0.137. The van der Waals surface area contributed by atoms with Crippen LogP contribution >= 0.6 is 22.9 Å². The van der Waals surface area contributed by atoms with Crippen molar-refractivity contribution < 1.29 is 4.79 Å². The molecule has 3 nitrogen and oxygen atoms in total. The summed E-state index contributed by atoms with van der Waals surface area (Å²) in [5, 5.41) is 0. The maximum absolute atomic E-state index is 12.5. The van der Waals surface area contributed by atoms with Crippen molar-refractivity contribution in [3.05, 3.63) is 33.5 Å². The van der Waals surface area contributed by atoms with Gasteiger partial charge in [-0.2, -0.15) is 0 Å². The molecule has 1 aliphatic heterocycles. The Hall–Kier alpha value is -0.840. The van der Waals surface area contributed by atoms with Crippen LogP contribution in [0.4, 0.5) is 0 Å². The molecule has 0 N–H and O–H groups in total. The van der Waals surface area contributed by atoms with Crippen molar-refractivity contribution in [1.29, 1.82) is 0 Å². The van der Waals surface area contributed by atoms with Gasteiger partial charge in [0.15, 0.2) is 0 Å². The third kappa shape index (κ3) is 3.87. The average Bonchev–Trinajstić information content (AvgIpc) is 2.93. The first-order chi connectivity index (χ1) is 10.2. The van der Waals surface area contributed by atoms with E-state index >= 15 is 0 Å². The fourth-order valence-electron chi connectivity index (χ4n) is 3.06. The molecule has 21 heavy (non-hydrogen) atoms. The van der Waals surface area contributed by atoms with Gasteiger partial charge in [0, 0.05) is 43.5 Å². The van der Waals surface area contributed by atoms with Gasteiger partial charge in [0.2, 0.25) is 5.91 Å². The highest BCUT2D eigenvalue weighted by Gasteiger charge is 2.27. The number of carbonyl (C=O) groups excluding carboxylic acids is 1. The van der Waals surface area contributed by atoms with E-state index in [4.69, 9.17) is 11.6 Å². The van der Waals surface area contributed by atoms with Crippen LogP contribution < -0.4 is 0 Å². The van der Waals surface area contributed by atoms with Gasteiger partial charge in [-0.1, -0.05) is 23.8 Å². The summed E-state index contributed by atoms with van der Waals surface area (Å²) in [6.45, 7) is 4.59. The predicted octanol–water partition coefficient (Wildman–Crippen LogP) is 3.40. The molecule has 0 bridgehead atoms. The smallest absolute Gasteiger partial charge is 0.226 e. The minimum absolute atomic E-state index is 0.220. The topological polar surface area (TPSA) is 23.6 Å². The number of nitrogens with zero attached hydrogens (tertiary/aromatic N) is 2. The molecule has 0 spiro atoms. The first-order valence-corrected chi connectivity index (χ1v) is 8.82. The molecule has 0 aromatic carbocycles. The lowest BCUT2D eigenvalue weighted by Gasteiger charge is -2.36. The number of hydrogen-bond donors (Lipinski definition) is 0. The fourth-order valence-corrected chi connectivity index (χ4v) is 4.19. The quantitative estimate of drug-likeness (QED) is 0.796. The van der Waals surface area contributed by atoms with E-state index in [0.717, 1.165) is 56.3 Å². The summed E-state index contributed by atoms with van der Waals surface area (Å²) >= 11 is 7.62. The third-order valence-electron chi connectivity index (χ3n) is 4.31. The second-order valence-electron chi connectivity index (χ2n) is 5.79. The Morgan fingerprint density at radius 2 is 2.05 bits per heavy atom. The number of hydrogen-bond acceptors (Lipinski definition) is 3. The Balaban J connectivity index is 1.48. The lowest BCUT2D eigenvalue weighted by Crippen LogP contribution is -2.50. The summed E-state index contributed by atoms with van der Waals surface area (Å²) in [5.74, 6) is 0.579. The first kappa shape index (κ1) is 15.1. The Bertz CT molecular complexity index is 520. The van der Waals surface area contributed by atoms with Gasteiger partial charge in [0.1, 0.15) is 0 Å². The molecule has 1 amide bonds. The van der Waals surface area contributed by atoms with Crippen molar-refractivity contribution in [3.63, 3.8) is 0 Å². The van der Waals surface area contributed by atoms with Crippen molar-refractivity contribution >= 4 is 28.8 Å². The number of carbonyl (C=O) groups is 1. The zero-order chi connectivity index (χ0) is 14.7. The molecule has 3 rings (SSSR count). The van der Waals surface area contributed by atoms with Crippen LogP contribution in [0.2, 0.25) is 4.34 Å². The highest BCUT2D eigenvalue weighted by atomic mass is 35.5. The number of rotatable bonds is 3. The molecule has 5 heteroatoms. The van der Waals surface area contributed by atoms with E-state index in [-0.39, 0.29) is 5.92 Å². The summed E-state index contributed by atoms with van der Waals surface area (Å²) in [5.41, 5.74) is 0. The molecule has 1 saturated heterocycles. The van der Waals surface area contributed by atoms with Crippen LogP contribution in [0.25, 0.3) is 0 Å². The zero-order valence-corrected chi connectivity index (χ0v) is 13.7. The molecule has 1 aromatic rings. The molecule has 1 fully saturated rings. The molecule has 1 aliphatic carbocycles. The van der Waals surface area contributed by atoms with Crippen LogP contribution in [-0.4, -0.2) is 41.9 Å². The monoisotopic (exact) mass is 324 g/mol. The maximum Gasteiger partial charge on any atom is 0.226 e. The van der Waals surface area contributed by atoms with Gasteiger partial charge >= 0.3 is 0 Å². The van der Waals surface area contributed by atoms with Gasteiger partial charge in [-0.3, -0.25) is 9.69 Å². The molecule has 1 atom stereocenters. The normalized spacial score (nSPS) is 23.5. The molecule has 0 saturated carbocycles. The van der Waals surface area contributed by atoms with E-state index in [0.29, 0.717) is 5.91 Å². The minimum atomic E-state index is 0.220. The van der Waals surface area contributed by atoms with Crippen LogP contribution in [0.5, 0.6) is 0 Å². The third-order valence-corrected chi connectivity index (χ3v) is 5.53.